The summed E-state index contributed by atoms with van der Waals surface area (Å²) in [5.41, 5.74) is 2.19. The van der Waals surface area contributed by atoms with Gasteiger partial charge in [0.1, 0.15) is 5.75 Å². The maximum absolute atomic E-state index is 11.8. The van der Waals surface area contributed by atoms with Gasteiger partial charge >= 0.3 is 0 Å². The average Bonchev–Trinajstić information content (AvgIpc) is 3.00. The lowest BCUT2D eigenvalue weighted by molar-refractivity contribution is -0.117. The average molecular weight is 203 g/mol. The lowest BCUT2D eigenvalue weighted by atomic mass is 10.1. The third kappa shape index (κ3) is 1.30. The molecule has 1 aromatic rings. The van der Waals surface area contributed by atoms with Crippen molar-refractivity contribution in [3.8, 4) is 5.75 Å². The number of anilines is 1. The Hall–Kier alpha value is -1.51. The van der Waals surface area contributed by atoms with E-state index < -0.39 is 0 Å². The minimum atomic E-state index is 0.237. The van der Waals surface area contributed by atoms with E-state index in [4.69, 9.17) is 4.74 Å². The molecule has 3 heteroatoms. The van der Waals surface area contributed by atoms with Crippen LogP contribution >= 0.6 is 0 Å². The Balaban J connectivity index is 2.04. The Bertz CT molecular complexity index is 424. The van der Waals surface area contributed by atoms with Crippen molar-refractivity contribution in [1.82, 2.24) is 0 Å². The lowest BCUT2D eigenvalue weighted by Crippen LogP contribution is -2.28. The van der Waals surface area contributed by atoms with Gasteiger partial charge in [-0.2, -0.15) is 0 Å². The second-order valence-corrected chi connectivity index (χ2v) is 4.17. The molecule has 0 radical (unpaired) electrons. The second kappa shape index (κ2) is 2.99. The molecule has 1 aliphatic carbocycles. The highest BCUT2D eigenvalue weighted by Gasteiger charge is 2.38. The lowest BCUT2D eigenvalue weighted by Gasteiger charge is -2.16. The molecule has 1 aromatic carbocycles. The van der Waals surface area contributed by atoms with E-state index in [2.05, 4.69) is 0 Å². The summed E-state index contributed by atoms with van der Waals surface area (Å²) in [5.74, 6) is 1.06. The Labute approximate surface area is 88.6 Å². The minimum absolute atomic E-state index is 0.237. The predicted octanol–water partition coefficient (Wildman–Crippen LogP) is 1.75. The van der Waals surface area contributed by atoms with Gasteiger partial charge in [-0.3, -0.25) is 4.79 Å². The van der Waals surface area contributed by atoms with Crippen molar-refractivity contribution < 1.29 is 9.53 Å². The van der Waals surface area contributed by atoms with E-state index in [1.807, 2.05) is 23.1 Å². The second-order valence-electron chi connectivity index (χ2n) is 4.17. The third-order valence-electron chi connectivity index (χ3n) is 3.07. The van der Waals surface area contributed by atoms with Crippen LogP contribution in [0.4, 0.5) is 5.69 Å². The number of hydrogen-bond acceptors (Lipinski definition) is 2. The first-order valence-corrected chi connectivity index (χ1v) is 5.28. The van der Waals surface area contributed by atoms with Gasteiger partial charge < -0.3 is 9.64 Å². The van der Waals surface area contributed by atoms with Crippen LogP contribution in [-0.2, 0) is 11.2 Å². The molecule has 0 bridgehead atoms. The molecule has 1 amide bonds. The maximum atomic E-state index is 11.8. The first-order valence-electron chi connectivity index (χ1n) is 5.28. The first-order chi connectivity index (χ1) is 7.29. The number of nitrogens with zero attached hydrogens (tertiary/aromatic N) is 1. The van der Waals surface area contributed by atoms with Crippen LogP contribution in [-0.4, -0.2) is 19.1 Å². The van der Waals surface area contributed by atoms with Crippen LogP contribution in [0.15, 0.2) is 18.2 Å². The van der Waals surface area contributed by atoms with Crippen LogP contribution in [0.2, 0.25) is 0 Å². The fourth-order valence-electron chi connectivity index (χ4n) is 2.16. The molecular formula is C12H13NO2. The maximum Gasteiger partial charge on any atom is 0.231 e. The summed E-state index contributed by atoms with van der Waals surface area (Å²) in [4.78, 5) is 13.7. The molecule has 1 heterocycles. The summed E-state index contributed by atoms with van der Waals surface area (Å²) in [7, 11) is 1.65. The van der Waals surface area contributed by atoms with E-state index in [9.17, 15) is 4.79 Å². The Morgan fingerprint density at radius 2 is 2.20 bits per heavy atom. The van der Waals surface area contributed by atoms with Crippen molar-refractivity contribution in [2.75, 3.05) is 12.0 Å². The molecule has 1 fully saturated rings. The summed E-state index contributed by atoms with van der Waals surface area (Å²) >= 11 is 0. The molecule has 0 aromatic heterocycles. The van der Waals surface area contributed by atoms with Crippen LogP contribution in [0.25, 0.3) is 0 Å². The summed E-state index contributed by atoms with van der Waals surface area (Å²) in [6.07, 6.45) is 2.83. The van der Waals surface area contributed by atoms with Gasteiger partial charge in [0, 0.05) is 12.1 Å². The zero-order valence-electron chi connectivity index (χ0n) is 8.69. The number of rotatable bonds is 2. The zero-order chi connectivity index (χ0) is 10.4. The number of carbonyl (C=O) groups is 1. The molecule has 0 atom stereocenters. The van der Waals surface area contributed by atoms with Crippen LogP contribution in [0.1, 0.15) is 18.4 Å². The molecule has 2 aliphatic rings. The van der Waals surface area contributed by atoms with Gasteiger partial charge in [0.15, 0.2) is 0 Å². The number of fused-ring (bicyclic) bond motifs is 1. The standard InChI is InChI=1S/C12H13NO2/c1-15-10-5-2-8-6-12(14)13(9-3-4-9)11(8)7-10/h2,5,7,9H,3-4,6H2,1H3. The molecular weight excluding hydrogens is 190 g/mol. The minimum Gasteiger partial charge on any atom is -0.497 e. The summed E-state index contributed by atoms with van der Waals surface area (Å²) in [6.45, 7) is 0. The van der Waals surface area contributed by atoms with Crippen molar-refractivity contribution in [2.45, 2.75) is 25.3 Å². The Morgan fingerprint density at radius 3 is 2.87 bits per heavy atom. The molecule has 0 unspecified atom stereocenters. The first kappa shape index (κ1) is 8.77. The van der Waals surface area contributed by atoms with Crippen molar-refractivity contribution in [3.63, 3.8) is 0 Å². The monoisotopic (exact) mass is 203 g/mol. The van der Waals surface area contributed by atoms with E-state index in [1.54, 1.807) is 7.11 Å². The van der Waals surface area contributed by atoms with Crippen LogP contribution < -0.4 is 9.64 Å². The fraction of sp³-hybridized carbons (Fsp3) is 0.417. The summed E-state index contributed by atoms with van der Waals surface area (Å²) in [6, 6.07) is 6.33. The topological polar surface area (TPSA) is 29.5 Å². The predicted molar refractivity (Wildman–Crippen MR) is 57.2 cm³/mol. The van der Waals surface area contributed by atoms with Gasteiger partial charge in [-0.05, 0) is 24.5 Å². The number of carbonyl (C=O) groups excluding carboxylic acids is 1. The van der Waals surface area contributed by atoms with E-state index in [-0.39, 0.29) is 5.91 Å². The molecule has 3 nitrogen and oxygen atoms in total. The molecule has 0 N–H and O–H groups in total. The number of ether oxygens (including phenoxy) is 1. The van der Waals surface area contributed by atoms with E-state index >= 15 is 0 Å². The van der Waals surface area contributed by atoms with Gasteiger partial charge in [0.05, 0.1) is 19.2 Å². The highest BCUT2D eigenvalue weighted by molar-refractivity contribution is 6.02. The van der Waals surface area contributed by atoms with Crippen LogP contribution in [0.5, 0.6) is 5.75 Å². The number of methoxy groups -OCH3 is 1. The summed E-state index contributed by atoms with van der Waals surface area (Å²) < 4.78 is 5.19. The van der Waals surface area contributed by atoms with Gasteiger partial charge in [-0.1, -0.05) is 6.07 Å². The Kier molecular flexibility index (Phi) is 1.75. The third-order valence-corrected chi connectivity index (χ3v) is 3.07. The quantitative estimate of drug-likeness (QED) is 0.732. The summed E-state index contributed by atoms with van der Waals surface area (Å²) in [5, 5.41) is 0. The van der Waals surface area contributed by atoms with Gasteiger partial charge in [-0.15, -0.1) is 0 Å². The molecule has 1 aliphatic heterocycles. The smallest absolute Gasteiger partial charge is 0.231 e. The highest BCUT2D eigenvalue weighted by Crippen LogP contribution is 2.39. The highest BCUT2D eigenvalue weighted by atomic mass is 16.5. The van der Waals surface area contributed by atoms with Crippen molar-refractivity contribution in [3.05, 3.63) is 23.8 Å². The molecule has 1 saturated carbocycles. The fourth-order valence-corrected chi connectivity index (χ4v) is 2.16. The largest absolute Gasteiger partial charge is 0.497 e. The molecule has 15 heavy (non-hydrogen) atoms. The zero-order valence-corrected chi connectivity index (χ0v) is 8.69. The van der Waals surface area contributed by atoms with E-state index in [1.165, 1.54) is 0 Å². The van der Waals surface area contributed by atoms with Gasteiger partial charge in [-0.25, -0.2) is 0 Å². The number of amides is 1. The van der Waals surface area contributed by atoms with Crippen molar-refractivity contribution >= 4 is 11.6 Å². The molecule has 0 spiro atoms. The van der Waals surface area contributed by atoms with E-state index in [0.29, 0.717) is 12.5 Å². The number of benzene rings is 1. The van der Waals surface area contributed by atoms with Gasteiger partial charge in [0.25, 0.3) is 0 Å². The Morgan fingerprint density at radius 1 is 1.40 bits per heavy atom. The van der Waals surface area contributed by atoms with Crippen LogP contribution in [0.3, 0.4) is 0 Å². The van der Waals surface area contributed by atoms with E-state index in [0.717, 1.165) is 29.8 Å². The normalized spacial score (nSPS) is 19.3. The molecule has 0 saturated heterocycles. The number of hydrogen-bond donors (Lipinski definition) is 0. The van der Waals surface area contributed by atoms with Crippen LogP contribution in [0, 0.1) is 0 Å². The molecule has 3 rings (SSSR count). The van der Waals surface area contributed by atoms with Gasteiger partial charge in [0.2, 0.25) is 5.91 Å². The molecule has 78 valence electrons. The SMILES string of the molecule is COc1ccc2c(c1)N(C1CC1)C(=O)C2. The van der Waals surface area contributed by atoms with Crippen molar-refractivity contribution in [1.29, 1.82) is 0 Å². The van der Waals surface area contributed by atoms with Crippen molar-refractivity contribution in [2.24, 2.45) is 0 Å².